The molecule has 7 heteroatoms. The molecular weight excluding hydrogens is 240 g/mol. The maximum Gasteiger partial charge on any atom is 0.406 e. The van der Waals surface area contributed by atoms with Crippen LogP contribution in [0.3, 0.4) is 0 Å². The molecule has 1 atom stereocenters. The lowest BCUT2D eigenvalue weighted by molar-refractivity contribution is -0.388. The molecule has 2 heterocycles. The molecule has 0 radical (unpaired) electrons. The number of nitro groups is 1. The Kier molecular flexibility index (Phi) is 3.56. The van der Waals surface area contributed by atoms with Gasteiger partial charge in [-0.1, -0.05) is 0 Å². The lowest BCUT2D eigenvalue weighted by Gasteiger charge is -2.10. The van der Waals surface area contributed by atoms with Crippen LogP contribution < -0.4 is 5.32 Å². The predicted octanol–water partition coefficient (Wildman–Crippen LogP) is 1.80. The topological polar surface area (TPSA) is 73.0 Å². The normalized spacial score (nSPS) is 19.5. The molecule has 1 aliphatic rings. The van der Waals surface area contributed by atoms with E-state index in [1.807, 2.05) is 11.8 Å². The highest BCUT2D eigenvalue weighted by Crippen LogP contribution is 2.27. The lowest BCUT2D eigenvalue weighted by atomic mass is 10.1. The summed E-state index contributed by atoms with van der Waals surface area (Å²) in [6, 6.07) is 0. The van der Waals surface area contributed by atoms with E-state index in [2.05, 4.69) is 10.3 Å². The van der Waals surface area contributed by atoms with Crippen molar-refractivity contribution >= 4 is 23.4 Å². The molecule has 1 saturated heterocycles. The van der Waals surface area contributed by atoms with Crippen molar-refractivity contribution in [3.63, 3.8) is 0 Å². The molecule has 1 aromatic rings. The van der Waals surface area contributed by atoms with E-state index in [1.54, 1.807) is 18.5 Å². The Balaban J connectivity index is 2.10. The van der Waals surface area contributed by atoms with Crippen LogP contribution in [0.15, 0.2) is 0 Å². The Bertz CT molecular complexity index is 426. The van der Waals surface area contributed by atoms with Crippen LogP contribution >= 0.6 is 11.8 Å². The number of hydrogen-bond donors (Lipinski definition) is 1. The molecule has 94 valence electrons. The van der Waals surface area contributed by atoms with E-state index in [0.717, 1.165) is 12.3 Å². The van der Waals surface area contributed by atoms with Crippen molar-refractivity contribution in [2.45, 2.75) is 13.3 Å². The van der Waals surface area contributed by atoms with E-state index in [9.17, 15) is 10.1 Å². The first-order valence-electron chi connectivity index (χ1n) is 5.59. The molecule has 17 heavy (non-hydrogen) atoms. The van der Waals surface area contributed by atoms with Crippen LogP contribution in [0.4, 0.5) is 11.6 Å². The van der Waals surface area contributed by atoms with E-state index in [0.29, 0.717) is 17.6 Å². The Morgan fingerprint density at radius 3 is 3.06 bits per heavy atom. The molecule has 1 aromatic heterocycles. The summed E-state index contributed by atoms with van der Waals surface area (Å²) >= 11 is 1.94. The lowest BCUT2D eigenvalue weighted by Crippen LogP contribution is -2.16. The summed E-state index contributed by atoms with van der Waals surface area (Å²) in [4.78, 5) is 14.4. The van der Waals surface area contributed by atoms with Crippen molar-refractivity contribution in [3.05, 3.63) is 15.9 Å². The molecule has 0 amide bonds. The maximum absolute atomic E-state index is 10.9. The summed E-state index contributed by atoms with van der Waals surface area (Å²) in [5, 5.41) is 14.0. The highest BCUT2D eigenvalue weighted by molar-refractivity contribution is 7.99. The van der Waals surface area contributed by atoms with E-state index in [1.165, 1.54) is 12.2 Å². The van der Waals surface area contributed by atoms with Gasteiger partial charge in [0.25, 0.3) is 0 Å². The van der Waals surface area contributed by atoms with Crippen LogP contribution in [-0.2, 0) is 7.05 Å². The SMILES string of the molecule is Cc1nc([N+](=O)[O-])c(NCC2CCSC2)n1C. The van der Waals surface area contributed by atoms with Gasteiger partial charge in [-0.15, -0.1) is 0 Å². The molecule has 1 fully saturated rings. The fraction of sp³-hybridized carbons (Fsp3) is 0.700. The summed E-state index contributed by atoms with van der Waals surface area (Å²) in [6.45, 7) is 2.55. The second-order valence-electron chi connectivity index (χ2n) is 4.26. The highest BCUT2D eigenvalue weighted by atomic mass is 32.2. The average Bonchev–Trinajstić information content (AvgIpc) is 2.87. The first-order valence-corrected chi connectivity index (χ1v) is 6.74. The zero-order valence-electron chi connectivity index (χ0n) is 9.97. The predicted molar refractivity (Wildman–Crippen MR) is 68.5 cm³/mol. The number of anilines is 1. The largest absolute Gasteiger partial charge is 0.406 e. The second kappa shape index (κ2) is 4.95. The molecular formula is C10H16N4O2S. The highest BCUT2D eigenvalue weighted by Gasteiger charge is 2.24. The van der Waals surface area contributed by atoms with Gasteiger partial charge in [-0.3, -0.25) is 4.57 Å². The van der Waals surface area contributed by atoms with Crippen molar-refractivity contribution in [2.75, 3.05) is 23.4 Å². The number of aryl methyl sites for hydroxylation is 1. The molecule has 6 nitrogen and oxygen atoms in total. The van der Waals surface area contributed by atoms with Crippen LogP contribution in [0.25, 0.3) is 0 Å². The van der Waals surface area contributed by atoms with E-state index in [4.69, 9.17) is 0 Å². The third-order valence-corrected chi connectivity index (χ3v) is 4.29. The number of aromatic nitrogens is 2. The van der Waals surface area contributed by atoms with Crippen molar-refractivity contribution in [1.82, 2.24) is 9.55 Å². The van der Waals surface area contributed by atoms with E-state index < -0.39 is 4.92 Å². The number of rotatable bonds is 4. The fourth-order valence-electron chi connectivity index (χ4n) is 1.90. The van der Waals surface area contributed by atoms with Crippen LogP contribution in [0.5, 0.6) is 0 Å². The van der Waals surface area contributed by atoms with Crippen LogP contribution in [0.1, 0.15) is 12.2 Å². The summed E-state index contributed by atoms with van der Waals surface area (Å²) in [5.41, 5.74) is 0. The zero-order valence-corrected chi connectivity index (χ0v) is 10.8. The minimum Gasteiger partial charge on any atom is -0.364 e. The van der Waals surface area contributed by atoms with Crippen LogP contribution in [0.2, 0.25) is 0 Å². The molecule has 0 aromatic carbocycles. The first-order chi connectivity index (χ1) is 8.09. The standard InChI is InChI=1S/C10H16N4O2S/c1-7-12-10(14(15)16)9(13(7)2)11-5-8-3-4-17-6-8/h8,11H,3-6H2,1-2H3. The number of nitrogens with one attached hydrogen (secondary N) is 1. The van der Waals surface area contributed by atoms with Crippen molar-refractivity contribution in [1.29, 1.82) is 0 Å². The third-order valence-electron chi connectivity index (χ3n) is 3.06. The number of nitrogens with zero attached hydrogens (tertiary/aromatic N) is 3. The van der Waals surface area contributed by atoms with Gasteiger partial charge >= 0.3 is 5.82 Å². The van der Waals surface area contributed by atoms with E-state index >= 15 is 0 Å². The molecule has 1 unspecified atom stereocenters. The van der Waals surface area contributed by atoms with Gasteiger partial charge in [0.05, 0.1) is 0 Å². The molecule has 1 aliphatic heterocycles. The summed E-state index contributed by atoms with van der Waals surface area (Å²) < 4.78 is 1.74. The molecule has 0 saturated carbocycles. The Labute approximate surface area is 104 Å². The van der Waals surface area contributed by atoms with Crippen molar-refractivity contribution in [2.24, 2.45) is 13.0 Å². The molecule has 1 N–H and O–H groups in total. The molecule has 0 aliphatic carbocycles. The Morgan fingerprint density at radius 1 is 1.71 bits per heavy atom. The minimum absolute atomic E-state index is 0.0735. The van der Waals surface area contributed by atoms with Gasteiger partial charge in [-0.05, 0) is 33.8 Å². The van der Waals surface area contributed by atoms with Gasteiger partial charge < -0.3 is 15.4 Å². The zero-order chi connectivity index (χ0) is 12.4. The molecule has 2 rings (SSSR count). The molecule has 0 bridgehead atoms. The van der Waals surface area contributed by atoms with Crippen molar-refractivity contribution < 1.29 is 4.92 Å². The van der Waals surface area contributed by atoms with Gasteiger partial charge in [0.15, 0.2) is 0 Å². The minimum atomic E-state index is -0.432. The number of hydrogen-bond acceptors (Lipinski definition) is 5. The van der Waals surface area contributed by atoms with Crippen molar-refractivity contribution in [3.8, 4) is 0 Å². The Morgan fingerprint density at radius 2 is 2.47 bits per heavy atom. The summed E-state index contributed by atoms with van der Waals surface area (Å²) in [6.07, 6.45) is 1.18. The van der Waals surface area contributed by atoms with Crippen LogP contribution in [0, 0.1) is 23.0 Å². The smallest absolute Gasteiger partial charge is 0.364 e. The first kappa shape index (κ1) is 12.2. The monoisotopic (exact) mass is 256 g/mol. The van der Waals surface area contributed by atoms with Gasteiger partial charge in [0.1, 0.15) is 0 Å². The number of thioether (sulfide) groups is 1. The molecule has 0 spiro atoms. The van der Waals surface area contributed by atoms with Gasteiger partial charge in [-0.2, -0.15) is 11.8 Å². The summed E-state index contributed by atoms with van der Waals surface area (Å²) in [5.74, 6) is 4.03. The number of imidazole rings is 1. The third kappa shape index (κ3) is 2.54. The summed E-state index contributed by atoms with van der Waals surface area (Å²) in [7, 11) is 1.79. The van der Waals surface area contributed by atoms with Gasteiger partial charge in [0.2, 0.25) is 11.6 Å². The van der Waals surface area contributed by atoms with Crippen LogP contribution in [-0.4, -0.2) is 32.5 Å². The fourth-order valence-corrected chi connectivity index (χ4v) is 3.19. The van der Waals surface area contributed by atoms with Gasteiger partial charge in [0, 0.05) is 20.5 Å². The second-order valence-corrected chi connectivity index (χ2v) is 5.41. The maximum atomic E-state index is 10.9. The van der Waals surface area contributed by atoms with Gasteiger partial charge in [-0.25, -0.2) is 0 Å². The Hall–Kier alpha value is -1.24. The average molecular weight is 256 g/mol. The quantitative estimate of drug-likeness (QED) is 0.657. The van der Waals surface area contributed by atoms with E-state index in [-0.39, 0.29) is 5.82 Å².